The highest BCUT2D eigenvalue weighted by atomic mass is 32.1. The number of thiazole rings is 1. The highest BCUT2D eigenvalue weighted by Crippen LogP contribution is 2.31. The summed E-state index contributed by atoms with van der Waals surface area (Å²) in [5, 5.41) is 12.9. The van der Waals surface area contributed by atoms with Crippen LogP contribution in [0.15, 0.2) is 36.1 Å². The lowest BCUT2D eigenvalue weighted by atomic mass is 9.87. The van der Waals surface area contributed by atoms with Crippen LogP contribution in [-0.2, 0) is 10.3 Å². The van der Waals surface area contributed by atoms with Crippen LogP contribution in [-0.4, -0.2) is 44.7 Å². The van der Waals surface area contributed by atoms with Crippen molar-refractivity contribution in [2.24, 2.45) is 5.73 Å². The average Bonchev–Trinajstić information content (AvgIpc) is 3.42. The molecule has 1 fully saturated rings. The summed E-state index contributed by atoms with van der Waals surface area (Å²) < 4.78 is 1.74. The van der Waals surface area contributed by atoms with Crippen molar-refractivity contribution in [2.75, 3.05) is 18.4 Å². The molecular weight excluding hydrogens is 366 g/mol. The van der Waals surface area contributed by atoms with Gasteiger partial charge in [0.2, 0.25) is 0 Å². The molecule has 1 aliphatic rings. The second-order valence-corrected chi connectivity index (χ2v) is 7.25. The monoisotopic (exact) mass is 385 g/mol. The second-order valence-electron chi connectivity index (χ2n) is 6.39. The lowest BCUT2D eigenvalue weighted by Crippen LogP contribution is -2.52. The fraction of sp³-hybridized carbons (Fsp3) is 0.294. The molecule has 0 saturated carbocycles. The van der Waals surface area contributed by atoms with E-state index in [1.807, 2.05) is 17.6 Å². The summed E-state index contributed by atoms with van der Waals surface area (Å²) in [6.45, 7) is 1.49. The zero-order valence-corrected chi connectivity index (χ0v) is 15.3. The van der Waals surface area contributed by atoms with E-state index in [1.54, 1.807) is 23.1 Å². The van der Waals surface area contributed by atoms with Crippen molar-refractivity contribution in [1.29, 1.82) is 0 Å². The van der Waals surface area contributed by atoms with Gasteiger partial charge in [0, 0.05) is 29.5 Å². The molecule has 1 aliphatic heterocycles. The molecule has 0 aromatic carbocycles. The van der Waals surface area contributed by atoms with E-state index in [2.05, 4.69) is 25.7 Å². The number of rotatable bonds is 5. The van der Waals surface area contributed by atoms with E-state index in [0.717, 1.165) is 18.7 Å². The molecular formula is C17H19N7O2S. The van der Waals surface area contributed by atoms with Crippen molar-refractivity contribution in [3.05, 3.63) is 41.8 Å². The fourth-order valence-corrected chi connectivity index (χ4v) is 4.00. The number of aromatic nitrogens is 4. The molecule has 3 aromatic rings. The Hall–Kier alpha value is -2.98. The maximum absolute atomic E-state index is 13.1. The molecule has 1 saturated heterocycles. The van der Waals surface area contributed by atoms with Crippen molar-refractivity contribution in [1.82, 2.24) is 25.1 Å². The minimum absolute atomic E-state index is 0.125. The minimum atomic E-state index is -0.728. The van der Waals surface area contributed by atoms with E-state index in [1.165, 1.54) is 11.3 Å². The maximum atomic E-state index is 13.1. The molecule has 5 N–H and O–H groups in total. The number of H-pyrrole nitrogens is 1. The number of hydrogen-bond acceptors (Lipinski definition) is 6. The van der Waals surface area contributed by atoms with Crippen molar-refractivity contribution in [3.63, 3.8) is 0 Å². The predicted molar refractivity (Wildman–Crippen MR) is 101 cm³/mol. The minimum Gasteiger partial charge on any atom is -0.364 e. The number of amides is 2. The third-order valence-corrected chi connectivity index (χ3v) is 5.52. The van der Waals surface area contributed by atoms with Crippen LogP contribution in [0.4, 0.5) is 5.13 Å². The number of nitrogens with zero attached hydrogens (tertiary/aromatic N) is 3. The summed E-state index contributed by atoms with van der Waals surface area (Å²) in [6, 6.07) is 3.46. The van der Waals surface area contributed by atoms with Gasteiger partial charge in [0.05, 0.1) is 5.69 Å². The number of aromatic amines is 1. The number of hydrogen-bond donors (Lipinski definition) is 4. The Morgan fingerprint density at radius 3 is 2.81 bits per heavy atom. The SMILES string of the molecule is NC(=O)c1cc(-c2csc(NC(=O)C3(n4cccn4)CCNCC3)n2)c[nH]1. The van der Waals surface area contributed by atoms with Crippen LogP contribution in [0.1, 0.15) is 23.3 Å². The molecule has 0 atom stereocenters. The van der Waals surface area contributed by atoms with E-state index in [-0.39, 0.29) is 5.91 Å². The Bertz CT molecular complexity index is 954. The van der Waals surface area contributed by atoms with Gasteiger partial charge in [-0.05, 0) is 38.1 Å². The Balaban J connectivity index is 1.55. The first kappa shape index (κ1) is 17.4. The average molecular weight is 385 g/mol. The number of nitrogens with one attached hydrogen (secondary N) is 3. The number of carbonyl (C=O) groups is 2. The van der Waals surface area contributed by atoms with Gasteiger partial charge in [-0.15, -0.1) is 11.3 Å². The lowest BCUT2D eigenvalue weighted by molar-refractivity contribution is -0.126. The van der Waals surface area contributed by atoms with Crippen LogP contribution in [0.3, 0.4) is 0 Å². The molecule has 0 bridgehead atoms. The highest BCUT2D eigenvalue weighted by molar-refractivity contribution is 7.14. The van der Waals surface area contributed by atoms with Crippen LogP contribution in [0.25, 0.3) is 11.3 Å². The number of primary amides is 1. The molecule has 4 rings (SSSR count). The Kier molecular flexibility index (Phi) is 4.50. The number of piperidine rings is 1. The molecule has 2 amide bonds. The van der Waals surface area contributed by atoms with Gasteiger partial charge in [-0.1, -0.05) is 0 Å². The van der Waals surface area contributed by atoms with Gasteiger partial charge >= 0.3 is 0 Å². The van der Waals surface area contributed by atoms with Crippen LogP contribution < -0.4 is 16.4 Å². The summed E-state index contributed by atoms with van der Waals surface area (Å²) in [6.07, 6.45) is 6.47. The van der Waals surface area contributed by atoms with E-state index < -0.39 is 11.4 Å². The van der Waals surface area contributed by atoms with Crippen molar-refractivity contribution < 1.29 is 9.59 Å². The van der Waals surface area contributed by atoms with Gasteiger partial charge in [-0.25, -0.2) is 4.98 Å². The molecule has 140 valence electrons. The van der Waals surface area contributed by atoms with Gasteiger partial charge in [0.1, 0.15) is 11.2 Å². The van der Waals surface area contributed by atoms with Gasteiger partial charge in [0.15, 0.2) is 5.13 Å². The van der Waals surface area contributed by atoms with Gasteiger partial charge in [-0.2, -0.15) is 5.10 Å². The predicted octanol–water partition coefficient (Wildman–Crippen LogP) is 1.15. The van der Waals surface area contributed by atoms with Gasteiger partial charge in [-0.3, -0.25) is 19.6 Å². The van der Waals surface area contributed by atoms with Crippen LogP contribution in [0.2, 0.25) is 0 Å². The van der Waals surface area contributed by atoms with Crippen molar-refractivity contribution in [3.8, 4) is 11.3 Å². The largest absolute Gasteiger partial charge is 0.364 e. The van der Waals surface area contributed by atoms with E-state index >= 15 is 0 Å². The van der Waals surface area contributed by atoms with Crippen LogP contribution in [0.5, 0.6) is 0 Å². The molecule has 27 heavy (non-hydrogen) atoms. The van der Waals surface area contributed by atoms with E-state index in [9.17, 15) is 9.59 Å². The zero-order valence-electron chi connectivity index (χ0n) is 14.4. The Morgan fingerprint density at radius 1 is 1.33 bits per heavy atom. The molecule has 0 radical (unpaired) electrons. The highest BCUT2D eigenvalue weighted by Gasteiger charge is 2.42. The molecule has 0 spiro atoms. The fourth-order valence-electron chi connectivity index (χ4n) is 3.28. The Morgan fingerprint density at radius 2 is 2.15 bits per heavy atom. The summed E-state index contributed by atoms with van der Waals surface area (Å²) in [5.41, 5.74) is 6.25. The van der Waals surface area contributed by atoms with E-state index in [0.29, 0.717) is 29.4 Å². The summed E-state index contributed by atoms with van der Waals surface area (Å²) >= 11 is 1.33. The molecule has 0 unspecified atom stereocenters. The molecule has 3 aromatic heterocycles. The van der Waals surface area contributed by atoms with Gasteiger partial charge < -0.3 is 16.0 Å². The lowest BCUT2D eigenvalue weighted by Gasteiger charge is -2.36. The molecule has 4 heterocycles. The number of carbonyl (C=O) groups excluding carboxylic acids is 2. The molecule has 0 aliphatic carbocycles. The third-order valence-electron chi connectivity index (χ3n) is 4.77. The smallest absolute Gasteiger partial charge is 0.265 e. The van der Waals surface area contributed by atoms with Crippen molar-refractivity contribution in [2.45, 2.75) is 18.4 Å². The maximum Gasteiger partial charge on any atom is 0.265 e. The normalized spacial score (nSPS) is 16.1. The second kappa shape index (κ2) is 6.97. The van der Waals surface area contributed by atoms with Gasteiger partial charge in [0.25, 0.3) is 11.8 Å². The summed E-state index contributed by atoms with van der Waals surface area (Å²) in [7, 11) is 0. The summed E-state index contributed by atoms with van der Waals surface area (Å²) in [4.78, 5) is 31.6. The molecule has 10 heteroatoms. The van der Waals surface area contributed by atoms with Crippen LogP contribution >= 0.6 is 11.3 Å². The first-order chi connectivity index (χ1) is 13.1. The topological polar surface area (TPSA) is 131 Å². The number of anilines is 1. The van der Waals surface area contributed by atoms with Crippen LogP contribution in [0, 0.1) is 0 Å². The quantitative estimate of drug-likeness (QED) is 0.523. The first-order valence-corrected chi connectivity index (χ1v) is 9.43. The first-order valence-electron chi connectivity index (χ1n) is 8.55. The van der Waals surface area contributed by atoms with E-state index in [4.69, 9.17) is 5.73 Å². The Labute approximate surface area is 159 Å². The zero-order chi connectivity index (χ0) is 18.9. The standard InChI is InChI=1S/C17H19N7O2S/c18-14(25)12-8-11(9-20-12)13-10-27-16(22-13)23-15(26)17(2-5-19-6-3-17)24-7-1-4-21-24/h1,4,7-10,19-20H,2-3,5-6H2,(H2,18,25)(H,22,23,26). The third kappa shape index (κ3) is 3.24. The number of nitrogens with two attached hydrogens (primary N) is 1. The molecule has 9 nitrogen and oxygen atoms in total. The van der Waals surface area contributed by atoms with Crippen molar-refractivity contribution >= 4 is 28.3 Å². The summed E-state index contributed by atoms with van der Waals surface area (Å²) in [5.74, 6) is -0.655.